The molecule has 133 valence electrons. The van der Waals surface area contributed by atoms with Crippen LogP contribution in [0.4, 0.5) is 0 Å². The van der Waals surface area contributed by atoms with Gasteiger partial charge in [-0.3, -0.25) is 0 Å². The lowest BCUT2D eigenvalue weighted by Gasteiger charge is -2.10. The van der Waals surface area contributed by atoms with Gasteiger partial charge in [0.05, 0.1) is 11.4 Å². The Bertz CT molecular complexity index is 1260. The molecule has 28 heavy (non-hydrogen) atoms. The van der Waals surface area contributed by atoms with Gasteiger partial charge in [0, 0.05) is 11.1 Å². The summed E-state index contributed by atoms with van der Waals surface area (Å²) in [6, 6.07) is 24.6. The number of aromatic amines is 1. The number of H-pyrrole nitrogens is 1. The number of benzene rings is 2. The summed E-state index contributed by atoms with van der Waals surface area (Å²) in [6.07, 6.45) is 0. The van der Waals surface area contributed by atoms with Crippen LogP contribution in [0.2, 0.25) is 0 Å². The van der Waals surface area contributed by atoms with Crippen molar-refractivity contribution < 1.29 is 0 Å². The van der Waals surface area contributed by atoms with Crippen molar-refractivity contribution >= 4 is 11.2 Å². The normalized spacial score (nSPS) is 11.0. The highest BCUT2D eigenvalue weighted by Gasteiger charge is 2.15. The Balaban J connectivity index is 1.75. The maximum atomic E-state index is 4.88. The van der Waals surface area contributed by atoms with Gasteiger partial charge in [0.2, 0.25) is 0 Å². The number of pyridine rings is 1. The predicted molar refractivity (Wildman–Crippen MR) is 107 cm³/mol. The van der Waals surface area contributed by atoms with Gasteiger partial charge in [-0.15, -0.1) is 10.2 Å². The van der Waals surface area contributed by atoms with Crippen LogP contribution >= 0.6 is 0 Å². The molecule has 5 rings (SSSR count). The fourth-order valence-electron chi connectivity index (χ4n) is 3.08. The van der Waals surface area contributed by atoms with Crippen LogP contribution in [0.25, 0.3) is 45.2 Å². The number of rotatable bonds is 3. The molecule has 0 bridgehead atoms. The molecular weight excluding hydrogens is 348 g/mol. The zero-order valence-electron chi connectivity index (χ0n) is 15.1. The summed E-state index contributed by atoms with van der Waals surface area (Å²) in [5.74, 6) is 1.35. The Hall–Kier alpha value is -3.93. The fraction of sp³-hybridized carbons (Fsp3) is 0.0455. The van der Waals surface area contributed by atoms with E-state index >= 15 is 0 Å². The van der Waals surface area contributed by atoms with E-state index in [-0.39, 0.29) is 0 Å². The third-order valence-corrected chi connectivity index (χ3v) is 4.41. The van der Waals surface area contributed by atoms with Gasteiger partial charge >= 0.3 is 0 Å². The van der Waals surface area contributed by atoms with E-state index in [2.05, 4.69) is 26.2 Å². The van der Waals surface area contributed by atoms with Crippen LogP contribution in [0, 0.1) is 13.0 Å². The molecular formula is C22H15N6. The number of nitrogens with one attached hydrogen (secondary N) is 1. The number of nitrogens with zero attached hydrogens (tertiary/aromatic N) is 5. The summed E-state index contributed by atoms with van der Waals surface area (Å²) in [7, 11) is 0. The summed E-state index contributed by atoms with van der Waals surface area (Å²) in [4.78, 5) is 17.5. The van der Waals surface area contributed by atoms with Gasteiger partial charge in [-0.25, -0.2) is 15.0 Å². The molecule has 0 atom stereocenters. The average molecular weight is 363 g/mol. The average Bonchev–Trinajstić information content (AvgIpc) is 3.20. The standard InChI is InChI=1S/C22H15N6/c1-14-23-22(28-27-14)18-13-12-17-21(25-18)26-20(16-10-6-3-7-11-16)19(24-17)15-8-4-2-5-9-15/h2,4-13H,1H3,(H,23,27,28). The molecule has 6 heteroatoms. The largest absolute Gasteiger partial charge is 0.324 e. The topological polar surface area (TPSA) is 80.2 Å². The van der Waals surface area contributed by atoms with E-state index in [1.165, 1.54) is 0 Å². The second kappa shape index (κ2) is 6.66. The molecule has 0 spiro atoms. The molecule has 1 N–H and O–H groups in total. The first-order chi connectivity index (χ1) is 13.8. The first-order valence-corrected chi connectivity index (χ1v) is 8.88. The van der Waals surface area contributed by atoms with Crippen LogP contribution in [0.3, 0.4) is 0 Å². The molecule has 0 amide bonds. The number of aromatic nitrogens is 6. The van der Waals surface area contributed by atoms with Crippen LogP contribution < -0.4 is 0 Å². The molecule has 0 saturated carbocycles. The monoisotopic (exact) mass is 363 g/mol. The molecule has 0 aliphatic heterocycles. The Labute approximate surface area is 161 Å². The van der Waals surface area contributed by atoms with Gasteiger partial charge in [0.1, 0.15) is 17.0 Å². The van der Waals surface area contributed by atoms with E-state index in [4.69, 9.17) is 9.97 Å². The summed E-state index contributed by atoms with van der Waals surface area (Å²) < 4.78 is 0. The highest BCUT2D eigenvalue weighted by Crippen LogP contribution is 2.30. The van der Waals surface area contributed by atoms with Crippen molar-refractivity contribution in [3.8, 4) is 34.0 Å². The van der Waals surface area contributed by atoms with Gasteiger partial charge in [0.15, 0.2) is 11.5 Å². The summed E-state index contributed by atoms with van der Waals surface area (Å²) in [6.45, 7) is 1.86. The molecule has 0 unspecified atom stereocenters. The van der Waals surface area contributed by atoms with Crippen LogP contribution in [0.15, 0.2) is 66.7 Å². The lowest BCUT2D eigenvalue weighted by Crippen LogP contribution is -1.98. The van der Waals surface area contributed by atoms with Crippen LogP contribution in [0.1, 0.15) is 5.82 Å². The van der Waals surface area contributed by atoms with E-state index in [9.17, 15) is 0 Å². The van der Waals surface area contributed by atoms with Gasteiger partial charge in [-0.1, -0.05) is 54.6 Å². The van der Waals surface area contributed by atoms with E-state index in [0.29, 0.717) is 17.2 Å². The predicted octanol–water partition coefficient (Wildman–Crippen LogP) is 4.25. The van der Waals surface area contributed by atoms with Gasteiger partial charge in [-0.2, -0.15) is 0 Å². The number of aryl methyl sites for hydroxylation is 1. The second-order valence-corrected chi connectivity index (χ2v) is 6.37. The van der Waals surface area contributed by atoms with Crippen molar-refractivity contribution in [1.29, 1.82) is 0 Å². The third kappa shape index (κ3) is 2.91. The molecule has 0 saturated heterocycles. The van der Waals surface area contributed by atoms with Crippen LogP contribution in [0.5, 0.6) is 0 Å². The van der Waals surface area contributed by atoms with Crippen molar-refractivity contribution in [2.24, 2.45) is 0 Å². The van der Waals surface area contributed by atoms with Crippen molar-refractivity contribution in [3.63, 3.8) is 0 Å². The van der Waals surface area contributed by atoms with E-state index < -0.39 is 0 Å². The molecule has 3 heterocycles. The lowest BCUT2D eigenvalue weighted by atomic mass is 10.0. The SMILES string of the molecule is Cc1nnc(-c2ccc3nc(-c4ccccc4)c(-c4cc[c]cc4)nc3n2)[nH]1. The van der Waals surface area contributed by atoms with Gasteiger partial charge in [0.25, 0.3) is 0 Å². The molecule has 3 aromatic heterocycles. The summed E-state index contributed by atoms with van der Waals surface area (Å²) in [5.41, 5.74) is 5.56. The summed E-state index contributed by atoms with van der Waals surface area (Å²) in [5, 5.41) is 8.13. The molecule has 0 aliphatic carbocycles. The summed E-state index contributed by atoms with van der Waals surface area (Å²) >= 11 is 0. The number of fused-ring (bicyclic) bond motifs is 1. The molecule has 5 aromatic rings. The minimum Gasteiger partial charge on any atom is -0.324 e. The quantitative estimate of drug-likeness (QED) is 0.518. The van der Waals surface area contributed by atoms with Crippen molar-refractivity contribution in [1.82, 2.24) is 30.1 Å². The highest BCUT2D eigenvalue weighted by atomic mass is 15.2. The molecule has 1 radical (unpaired) electrons. The maximum Gasteiger partial charge on any atom is 0.180 e. The Kier molecular flexibility index (Phi) is 3.87. The molecule has 0 aliphatic rings. The maximum absolute atomic E-state index is 4.88. The van der Waals surface area contributed by atoms with Crippen LogP contribution in [-0.2, 0) is 0 Å². The minimum atomic E-state index is 0.564. The first-order valence-electron chi connectivity index (χ1n) is 8.88. The van der Waals surface area contributed by atoms with Gasteiger partial charge in [-0.05, 0) is 25.1 Å². The Morgan fingerprint density at radius 3 is 2.25 bits per heavy atom. The van der Waals surface area contributed by atoms with Gasteiger partial charge < -0.3 is 4.98 Å². The molecule has 0 fully saturated rings. The molecule has 6 nitrogen and oxygen atoms in total. The zero-order chi connectivity index (χ0) is 18.9. The second-order valence-electron chi connectivity index (χ2n) is 6.37. The van der Waals surface area contributed by atoms with Crippen LogP contribution in [-0.4, -0.2) is 30.1 Å². The number of hydrogen-bond donors (Lipinski definition) is 1. The van der Waals surface area contributed by atoms with Crippen molar-refractivity contribution in [3.05, 3.63) is 78.6 Å². The third-order valence-electron chi connectivity index (χ3n) is 4.41. The number of hydrogen-bond acceptors (Lipinski definition) is 5. The Morgan fingerprint density at radius 2 is 1.50 bits per heavy atom. The van der Waals surface area contributed by atoms with E-state index in [0.717, 1.165) is 33.9 Å². The highest BCUT2D eigenvalue weighted by molar-refractivity contribution is 5.85. The first kappa shape index (κ1) is 16.3. The zero-order valence-corrected chi connectivity index (χ0v) is 15.1. The van der Waals surface area contributed by atoms with Crippen molar-refractivity contribution in [2.45, 2.75) is 6.92 Å². The van der Waals surface area contributed by atoms with E-state index in [1.54, 1.807) is 0 Å². The van der Waals surface area contributed by atoms with E-state index in [1.807, 2.05) is 73.7 Å². The minimum absolute atomic E-state index is 0.564. The molecule has 2 aromatic carbocycles. The Morgan fingerprint density at radius 1 is 0.750 bits per heavy atom. The lowest BCUT2D eigenvalue weighted by molar-refractivity contribution is 1.04. The van der Waals surface area contributed by atoms with Crippen molar-refractivity contribution in [2.75, 3.05) is 0 Å². The smallest absolute Gasteiger partial charge is 0.180 e. The fourth-order valence-corrected chi connectivity index (χ4v) is 3.08.